The SMILES string of the molecule is O=C(O)[C@H]1CCCCN1C(=O)C1CC1c1cccc(Cl)c1. The van der Waals surface area contributed by atoms with Gasteiger partial charge in [-0.1, -0.05) is 23.7 Å². The van der Waals surface area contributed by atoms with Gasteiger partial charge in [-0.3, -0.25) is 4.79 Å². The predicted octanol–water partition coefficient (Wildman–Crippen LogP) is 2.91. The van der Waals surface area contributed by atoms with Gasteiger partial charge in [-0.15, -0.1) is 0 Å². The van der Waals surface area contributed by atoms with Crippen molar-refractivity contribution in [1.29, 1.82) is 0 Å². The molecule has 21 heavy (non-hydrogen) atoms. The first-order chi connectivity index (χ1) is 10.1. The Labute approximate surface area is 128 Å². The van der Waals surface area contributed by atoms with Crippen LogP contribution in [0.15, 0.2) is 24.3 Å². The largest absolute Gasteiger partial charge is 0.480 e. The third-order valence-electron chi connectivity index (χ3n) is 4.46. The van der Waals surface area contributed by atoms with Crippen molar-refractivity contribution in [2.45, 2.75) is 37.6 Å². The van der Waals surface area contributed by atoms with Crippen molar-refractivity contribution in [3.05, 3.63) is 34.9 Å². The third kappa shape index (κ3) is 2.91. The van der Waals surface area contributed by atoms with E-state index in [0.29, 0.717) is 18.0 Å². The molecule has 0 spiro atoms. The number of aliphatic carboxylic acids is 1. The minimum atomic E-state index is -0.886. The second-order valence-electron chi connectivity index (χ2n) is 5.89. The summed E-state index contributed by atoms with van der Waals surface area (Å²) >= 11 is 5.98. The maximum atomic E-state index is 12.6. The van der Waals surface area contributed by atoms with Gasteiger partial charge in [0.1, 0.15) is 6.04 Å². The number of amides is 1. The molecule has 1 N–H and O–H groups in total. The van der Waals surface area contributed by atoms with E-state index in [2.05, 4.69) is 0 Å². The number of benzene rings is 1. The molecule has 3 rings (SSSR count). The molecule has 1 aromatic carbocycles. The van der Waals surface area contributed by atoms with Crippen molar-refractivity contribution in [2.24, 2.45) is 5.92 Å². The molecule has 1 amide bonds. The number of piperidine rings is 1. The molecule has 0 bridgehead atoms. The molecular formula is C16H18ClNO3. The number of carbonyl (C=O) groups is 2. The van der Waals surface area contributed by atoms with Gasteiger partial charge in [0, 0.05) is 17.5 Å². The quantitative estimate of drug-likeness (QED) is 0.934. The van der Waals surface area contributed by atoms with Crippen LogP contribution in [0.25, 0.3) is 0 Å². The minimum Gasteiger partial charge on any atom is -0.480 e. The van der Waals surface area contributed by atoms with Crippen LogP contribution in [-0.4, -0.2) is 34.5 Å². The summed E-state index contributed by atoms with van der Waals surface area (Å²) < 4.78 is 0. The lowest BCUT2D eigenvalue weighted by molar-refractivity contribution is -0.152. The molecular weight excluding hydrogens is 290 g/mol. The standard InChI is InChI=1S/C16H18ClNO3/c17-11-5-3-4-10(8-11)12-9-13(12)15(19)18-7-2-1-6-14(18)16(20)21/h3-5,8,12-14H,1-2,6-7,9H2,(H,20,21)/t12?,13?,14-/m1/s1. The summed E-state index contributed by atoms with van der Waals surface area (Å²) in [6.45, 7) is 0.564. The number of hydrogen-bond donors (Lipinski definition) is 1. The normalized spacial score (nSPS) is 28.2. The topological polar surface area (TPSA) is 57.6 Å². The number of rotatable bonds is 3. The Bertz CT molecular complexity index is 574. The smallest absolute Gasteiger partial charge is 0.326 e. The van der Waals surface area contributed by atoms with E-state index in [-0.39, 0.29) is 17.7 Å². The molecule has 5 heteroatoms. The second kappa shape index (κ2) is 5.68. The molecule has 2 fully saturated rings. The van der Waals surface area contributed by atoms with Gasteiger partial charge in [0.15, 0.2) is 0 Å². The fourth-order valence-corrected chi connectivity index (χ4v) is 3.44. The lowest BCUT2D eigenvalue weighted by atomic mass is 10.0. The van der Waals surface area contributed by atoms with Gasteiger partial charge in [-0.05, 0) is 49.3 Å². The van der Waals surface area contributed by atoms with Crippen LogP contribution in [0.1, 0.15) is 37.2 Å². The van der Waals surface area contributed by atoms with Crippen LogP contribution < -0.4 is 0 Å². The highest BCUT2D eigenvalue weighted by Gasteiger charge is 2.48. The molecule has 1 aliphatic carbocycles. The average molecular weight is 308 g/mol. The molecule has 1 aliphatic heterocycles. The molecule has 1 saturated heterocycles. The highest BCUT2D eigenvalue weighted by Crippen LogP contribution is 2.49. The van der Waals surface area contributed by atoms with Crippen LogP contribution in [-0.2, 0) is 9.59 Å². The fourth-order valence-electron chi connectivity index (χ4n) is 3.24. The van der Waals surface area contributed by atoms with E-state index in [1.807, 2.05) is 24.3 Å². The Morgan fingerprint density at radius 3 is 2.81 bits per heavy atom. The summed E-state index contributed by atoms with van der Waals surface area (Å²) in [7, 11) is 0. The second-order valence-corrected chi connectivity index (χ2v) is 6.32. The number of nitrogens with zero attached hydrogens (tertiary/aromatic N) is 1. The van der Waals surface area contributed by atoms with E-state index in [1.165, 1.54) is 0 Å². The van der Waals surface area contributed by atoms with Gasteiger partial charge in [-0.2, -0.15) is 0 Å². The van der Waals surface area contributed by atoms with Crippen LogP contribution in [0.3, 0.4) is 0 Å². The molecule has 2 aliphatic rings. The van der Waals surface area contributed by atoms with E-state index in [1.54, 1.807) is 4.90 Å². The zero-order valence-electron chi connectivity index (χ0n) is 11.7. The van der Waals surface area contributed by atoms with E-state index in [4.69, 9.17) is 11.6 Å². The number of hydrogen-bond acceptors (Lipinski definition) is 2. The third-order valence-corrected chi connectivity index (χ3v) is 4.69. The van der Waals surface area contributed by atoms with Crippen molar-refractivity contribution in [3.63, 3.8) is 0 Å². The fraction of sp³-hybridized carbons (Fsp3) is 0.500. The Morgan fingerprint density at radius 1 is 1.29 bits per heavy atom. The first-order valence-electron chi connectivity index (χ1n) is 7.36. The van der Waals surface area contributed by atoms with Crippen molar-refractivity contribution in [3.8, 4) is 0 Å². The number of carboxylic acid groups (broad SMARTS) is 1. The zero-order chi connectivity index (χ0) is 15.0. The number of carbonyl (C=O) groups excluding carboxylic acids is 1. The van der Waals surface area contributed by atoms with Gasteiger partial charge in [0.25, 0.3) is 0 Å². The molecule has 2 unspecified atom stereocenters. The Hall–Kier alpha value is -1.55. The summed E-state index contributed by atoms with van der Waals surface area (Å²) in [4.78, 5) is 25.4. The average Bonchev–Trinajstić information content (AvgIpc) is 3.27. The summed E-state index contributed by atoms with van der Waals surface area (Å²) in [6.07, 6.45) is 3.13. The number of halogens is 1. The first-order valence-corrected chi connectivity index (χ1v) is 7.74. The van der Waals surface area contributed by atoms with Gasteiger partial charge < -0.3 is 10.0 Å². The van der Waals surface area contributed by atoms with Crippen LogP contribution in [0, 0.1) is 5.92 Å². The molecule has 0 radical (unpaired) electrons. The van der Waals surface area contributed by atoms with Crippen LogP contribution >= 0.6 is 11.6 Å². The first kappa shape index (κ1) is 14.4. The van der Waals surface area contributed by atoms with Gasteiger partial charge in [-0.25, -0.2) is 4.79 Å². The van der Waals surface area contributed by atoms with E-state index < -0.39 is 12.0 Å². The maximum Gasteiger partial charge on any atom is 0.326 e. The number of carboxylic acids is 1. The molecule has 3 atom stereocenters. The molecule has 1 aromatic rings. The summed E-state index contributed by atoms with van der Waals surface area (Å²) in [6, 6.07) is 6.93. The Morgan fingerprint density at radius 2 is 2.10 bits per heavy atom. The van der Waals surface area contributed by atoms with Crippen molar-refractivity contribution < 1.29 is 14.7 Å². The maximum absolute atomic E-state index is 12.6. The van der Waals surface area contributed by atoms with Crippen LogP contribution in [0.4, 0.5) is 0 Å². The van der Waals surface area contributed by atoms with Crippen molar-refractivity contribution in [2.75, 3.05) is 6.54 Å². The summed E-state index contributed by atoms with van der Waals surface area (Å²) in [5.41, 5.74) is 1.07. The van der Waals surface area contributed by atoms with Gasteiger partial charge >= 0.3 is 5.97 Å². The molecule has 0 aromatic heterocycles. The summed E-state index contributed by atoms with van der Waals surface area (Å²) in [5.74, 6) is -0.786. The van der Waals surface area contributed by atoms with Gasteiger partial charge in [0.2, 0.25) is 5.91 Å². The van der Waals surface area contributed by atoms with Crippen LogP contribution in [0.2, 0.25) is 5.02 Å². The van der Waals surface area contributed by atoms with E-state index in [0.717, 1.165) is 24.8 Å². The van der Waals surface area contributed by atoms with E-state index >= 15 is 0 Å². The summed E-state index contributed by atoms with van der Waals surface area (Å²) in [5, 5.41) is 9.94. The van der Waals surface area contributed by atoms with Crippen molar-refractivity contribution in [1.82, 2.24) is 4.90 Å². The minimum absolute atomic E-state index is 0.00734. The zero-order valence-corrected chi connectivity index (χ0v) is 12.4. The Balaban J connectivity index is 1.70. The van der Waals surface area contributed by atoms with Gasteiger partial charge in [0.05, 0.1) is 0 Å². The Kier molecular flexibility index (Phi) is 3.89. The highest BCUT2D eigenvalue weighted by atomic mass is 35.5. The van der Waals surface area contributed by atoms with Crippen LogP contribution in [0.5, 0.6) is 0 Å². The molecule has 4 nitrogen and oxygen atoms in total. The number of likely N-dealkylation sites (tertiary alicyclic amines) is 1. The van der Waals surface area contributed by atoms with E-state index in [9.17, 15) is 14.7 Å². The lowest BCUT2D eigenvalue weighted by Gasteiger charge is -2.33. The molecule has 1 saturated carbocycles. The lowest BCUT2D eigenvalue weighted by Crippen LogP contribution is -2.48. The van der Waals surface area contributed by atoms with Crippen molar-refractivity contribution >= 4 is 23.5 Å². The molecule has 1 heterocycles. The monoisotopic (exact) mass is 307 g/mol. The predicted molar refractivity (Wildman–Crippen MR) is 79.3 cm³/mol. The highest BCUT2D eigenvalue weighted by molar-refractivity contribution is 6.30. The molecule has 112 valence electrons.